The molecule has 0 radical (unpaired) electrons. The SMILES string of the molecule is C/C(=N\NC(=O)COc1ccc(Cl)c(C)c1)c1ccc(Br)cc1. The molecule has 2 aromatic carbocycles. The third-order valence-electron chi connectivity index (χ3n) is 3.11. The largest absolute Gasteiger partial charge is 0.484 e. The number of carbonyl (C=O) groups excluding carboxylic acids is 1. The Morgan fingerprint density at radius 1 is 1.26 bits per heavy atom. The molecule has 0 spiro atoms. The molecule has 120 valence electrons. The van der Waals surface area contributed by atoms with Gasteiger partial charge in [-0.05, 0) is 55.3 Å². The number of halogens is 2. The lowest BCUT2D eigenvalue weighted by atomic mass is 10.1. The first-order chi connectivity index (χ1) is 11.0. The van der Waals surface area contributed by atoms with E-state index in [-0.39, 0.29) is 12.5 Å². The van der Waals surface area contributed by atoms with Gasteiger partial charge in [-0.1, -0.05) is 39.7 Å². The van der Waals surface area contributed by atoms with Gasteiger partial charge in [-0.15, -0.1) is 0 Å². The van der Waals surface area contributed by atoms with Gasteiger partial charge in [0.25, 0.3) is 5.91 Å². The molecule has 1 N–H and O–H groups in total. The second-order valence-corrected chi connectivity index (χ2v) is 6.26. The van der Waals surface area contributed by atoms with Crippen LogP contribution in [0.15, 0.2) is 52.0 Å². The molecule has 1 amide bonds. The highest BCUT2D eigenvalue weighted by Gasteiger charge is 2.04. The number of nitrogens with zero attached hydrogens (tertiary/aromatic N) is 1. The van der Waals surface area contributed by atoms with Crippen LogP contribution in [0.5, 0.6) is 5.75 Å². The minimum atomic E-state index is -0.325. The number of benzene rings is 2. The standard InChI is InChI=1S/C17H16BrClN2O2/c1-11-9-15(7-8-16(11)19)23-10-17(22)21-20-12(2)13-3-5-14(18)6-4-13/h3-9H,10H2,1-2H3,(H,21,22)/b20-12+. The molecule has 0 atom stereocenters. The van der Waals surface area contributed by atoms with Crippen molar-refractivity contribution in [1.29, 1.82) is 0 Å². The fraction of sp³-hybridized carbons (Fsp3) is 0.176. The van der Waals surface area contributed by atoms with Gasteiger partial charge in [-0.3, -0.25) is 4.79 Å². The molecule has 0 bridgehead atoms. The van der Waals surface area contributed by atoms with Crippen molar-refractivity contribution in [3.8, 4) is 5.75 Å². The molecule has 0 unspecified atom stereocenters. The fourth-order valence-corrected chi connectivity index (χ4v) is 2.17. The Hall–Kier alpha value is -1.85. The molecular formula is C17H16BrClN2O2. The molecule has 2 rings (SSSR count). The summed E-state index contributed by atoms with van der Waals surface area (Å²) in [5, 5.41) is 4.73. The summed E-state index contributed by atoms with van der Waals surface area (Å²) in [5.41, 5.74) is 5.02. The Morgan fingerprint density at radius 3 is 2.61 bits per heavy atom. The number of carbonyl (C=O) groups is 1. The van der Waals surface area contributed by atoms with E-state index in [4.69, 9.17) is 16.3 Å². The number of ether oxygens (including phenoxy) is 1. The molecule has 0 heterocycles. The second kappa shape index (κ2) is 8.13. The zero-order chi connectivity index (χ0) is 16.8. The lowest BCUT2D eigenvalue weighted by molar-refractivity contribution is -0.123. The van der Waals surface area contributed by atoms with Gasteiger partial charge in [0.15, 0.2) is 6.61 Å². The number of hydrogen-bond acceptors (Lipinski definition) is 3. The molecule has 23 heavy (non-hydrogen) atoms. The smallest absolute Gasteiger partial charge is 0.277 e. The Morgan fingerprint density at radius 2 is 1.96 bits per heavy atom. The average molecular weight is 396 g/mol. The lowest BCUT2D eigenvalue weighted by Crippen LogP contribution is -2.25. The van der Waals surface area contributed by atoms with E-state index in [0.717, 1.165) is 15.6 Å². The first-order valence-electron chi connectivity index (χ1n) is 6.94. The summed E-state index contributed by atoms with van der Waals surface area (Å²) < 4.78 is 6.40. The lowest BCUT2D eigenvalue weighted by Gasteiger charge is -2.07. The molecule has 0 aliphatic rings. The van der Waals surface area contributed by atoms with Crippen molar-refractivity contribution < 1.29 is 9.53 Å². The predicted octanol–water partition coefficient (Wildman–Crippen LogP) is 4.33. The van der Waals surface area contributed by atoms with Crippen molar-refractivity contribution in [3.05, 3.63) is 63.1 Å². The summed E-state index contributed by atoms with van der Waals surface area (Å²) in [6.45, 7) is 3.59. The van der Waals surface area contributed by atoms with E-state index >= 15 is 0 Å². The topological polar surface area (TPSA) is 50.7 Å². The molecular weight excluding hydrogens is 380 g/mol. The maximum atomic E-state index is 11.8. The first kappa shape index (κ1) is 17.5. The van der Waals surface area contributed by atoms with Crippen molar-refractivity contribution >= 4 is 39.1 Å². The van der Waals surface area contributed by atoms with Gasteiger partial charge in [-0.25, -0.2) is 5.43 Å². The second-order valence-electron chi connectivity index (χ2n) is 4.94. The van der Waals surface area contributed by atoms with Crippen molar-refractivity contribution in [2.45, 2.75) is 13.8 Å². The predicted molar refractivity (Wildman–Crippen MR) is 96.2 cm³/mol. The molecule has 6 heteroatoms. The highest BCUT2D eigenvalue weighted by Crippen LogP contribution is 2.20. The van der Waals surface area contributed by atoms with Gasteiger partial charge in [-0.2, -0.15) is 5.10 Å². The van der Waals surface area contributed by atoms with Crippen molar-refractivity contribution in [2.24, 2.45) is 5.10 Å². The Bertz CT molecular complexity index is 730. The summed E-state index contributed by atoms with van der Waals surface area (Å²) in [6.07, 6.45) is 0. The van der Waals surface area contributed by atoms with Gasteiger partial charge in [0, 0.05) is 9.50 Å². The molecule has 0 aromatic heterocycles. The summed E-state index contributed by atoms with van der Waals surface area (Å²) in [5.74, 6) is 0.268. The minimum absolute atomic E-state index is 0.113. The molecule has 0 saturated heterocycles. The van der Waals surface area contributed by atoms with E-state index in [1.54, 1.807) is 18.2 Å². The van der Waals surface area contributed by atoms with Crippen molar-refractivity contribution in [2.75, 3.05) is 6.61 Å². The minimum Gasteiger partial charge on any atom is -0.484 e. The molecule has 0 saturated carbocycles. The highest BCUT2D eigenvalue weighted by molar-refractivity contribution is 9.10. The summed E-state index contributed by atoms with van der Waals surface area (Å²) in [4.78, 5) is 11.8. The Labute approximate surface area is 148 Å². The van der Waals surface area contributed by atoms with Gasteiger partial charge in [0.1, 0.15) is 5.75 Å². The van der Waals surface area contributed by atoms with Crippen molar-refractivity contribution in [3.63, 3.8) is 0 Å². The molecule has 2 aromatic rings. The number of amides is 1. The van der Waals surface area contributed by atoms with Crippen LogP contribution in [-0.2, 0) is 4.79 Å². The highest BCUT2D eigenvalue weighted by atomic mass is 79.9. The van der Waals surface area contributed by atoms with Crippen LogP contribution in [0.25, 0.3) is 0 Å². The van der Waals surface area contributed by atoms with Crippen LogP contribution in [0.1, 0.15) is 18.1 Å². The van der Waals surface area contributed by atoms with Crippen LogP contribution < -0.4 is 10.2 Å². The van der Waals surface area contributed by atoms with Gasteiger partial charge < -0.3 is 4.74 Å². The average Bonchev–Trinajstić information content (AvgIpc) is 2.54. The molecule has 0 aliphatic heterocycles. The van der Waals surface area contributed by atoms with Crippen LogP contribution in [-0.4, -0.2) is 18.2 Å². The van der Waals surface area contributed by atoms with E-state index in [1.165, 1.54) is 0 Å². The van der Waals surface area contributed by atoms with Crippen molar-refractivity contribution in [1.82, 2.24) is 5.43 Å². The molecule has 4 nitrogen and oxygen atoms in total. The van der Waals surface area contributed by atoms with E-state index in [9.17, 15) is 4.79 Å². The maximum absolute atomic E-state index is 11.8. The van der Waals surface area contributed by atoms with Gasteiger partial charge in [0.05, 0.1) is 5.71 Å². The van der Waals surface area contributed by atoms with E-state index in [2.05, 4.69) is 26.5 Å². The number of hydrazone groups is 1. The molecule has 0 aliphatic carbocycles. The van der Waals surface area contributed by atoms with Crippen LogP contribution in [0.3, 0.4) is 0 Å². The van der Waals surface area contributed by atoms with Crippen LogP contribution in [0, 0.1) is 6.92 Å². The van der Waals surface area contributed by atoms with E-state index in [0.29, 0.717) is 16.5 Å². The number of nitrogens with one attached hydrogen (secondary N) is 1. The Balaban J connectivity index is 1.88. The normalized spacial score (nSPS) is 11.2. The summed E-state index contributed by atoms with van der Waals surface area (Å²) in [7, 11) is 0. The molecule has 0 fully saturated rings. The van der Waals surface area contributed by atoms with E-state index in [1.807, 2.05) is 38.1 Å². The number of rotatable bonds is 5. The van der Waals surface area contributed by atoms with Crippen LogP contribution in [0.4, 0.5) is 0 Å². The zero-order valence-corrected chi connectivity index (χ0v) is 15.1. The van der Waals surface area contributed by atoms with Crippen LogP contribution in [0.2, 0.25) is 5.02 Å². The van der Waals surface area contributed by atoms with Crippen LogP contribution >= 0.6 is 27.5 Å². The van der Waals surface area contributed by atoms with E-state index < -0.39 is 0 Å². The third-order valence-corrected chi connectivity index (χ3v) is 4.06. The maximum Gasteiger partial charge on any atom is 0.277 e. The monoisotopic (exact) mass is 394 g/mol. The summed E-state index contributed by atoms with van der Waals surface area (Å²) in [6, 6.07) is 12.9. The number of aryl methyl sites for hydroxylation is 1. The third kappa shape index (κ3) is 5.37. The zero-order valence-electron chi connectivity index (χ0n) is 12.8. The Kier molecular flexibility index (Phi) is 6.19. The van der Waals surface area contributed by atoms with Gasteiger partial charge in [0.2, 0.25) is 0 Å². The summed E-state index contributed by atoms with van der Waals surface area (Å²) >= 11 is 9.31. The fourth-order valence-electron chi connectivity index (χ4n) is 1.79. The van der Waals surface area contributed by atoms with Gasteiger partial charge >= 0.3 is 0 Å². The number of hydrogen-bond donors (Lipinski definition) is 1. The quantitative estimate of drug-likeness (QED) is 0.605. The first-order valence-corrected chi connectivity index (χ1v) is 8.11.